The zero-order valence-corrected chi connectivity index (χ0v) is 16.9. The van der Waals surface area contributed by atoms with Gasteiger partial charge in [0.15, 0.2) is 0 Å². The van der Waals surface area contributed by atoms with Gasteiger partial charge in [0.25, 0.3) is 5.56 Å². The molecule has 3 aromatic carbocycles. The molecular weight excluding hydrogens is 374 g/mol. The maximum atomic E-state index is 13.4. The number of amides is 1. The van der Waals surface area contributed by atoms with Crippen LogP contribution in [0, 0.1) is 6.92 Å². The van der Waals surface area contributed by atoms with Crippen molar-refractivity contribution in [3.05, 3.63) is 100 Å². The molecule has 2 heterocycles. The van der Waals surface area contributed by atoms with Crippen molar-refractivity contribution >= 4 is 22.5 Å². The standard InChI is InChI=1S/C25H21N3O2/c1-16-12-13-22-19(14-16)20(24(29)27(22)2)15-23-26-21-11-7-6-10-18(21)25(30)28(23)17-8-4-3-5-9-17/h3-14,20H,15H2,1-2H3/t20-/m0/s1. The fraction of sp³-hybridized carbons (Fsp3) is 0.160. The molecule has 4 aromatic rings. The smallest absolute Gasteiger partial charge is 0.265 e. The van der Waals surface area contributed by atoms with Crippen molar-refractivity contribution in [1.29, 1.82) is 0 Å². The van der Waals surface area contributed by atoms with E-state index in [1.807, 2.05) is 67.6 Å². The molecule has 1 aromatic heterocycles. The first-order chi connectivity index (χ1) is 14.5. The van der Waals surface area contributed by atoms with E-state index in [2.05, 4.69) is 6.07 Å². The Morgan fingerprint density at radius 1 is 0.933 bits per heavy atom. The van der Waals surface area contributed by atoms with Gasteiger partial charge in [-0.1, -0.05) is 48.0 Å². The Bertz CT molecular complexity index is 1340. The van der Waals surface area contributed by atoms with E-state index >= 15 is 0 Å². The molecule has 1 aliphatic heterocycles. The van der Waals surface area contributed by atoms with Crippen molar-refractivity contribution < 1.29 is 4.79 Å². The Morgan fingerprint density at radius 2 is 1.67 bits per heavy atom. The van der Waals surface area contributed by atoms with Crippen LogP contribution in [0.25, 0.3) is 16.6 Å². The van der Waals surface area contributed by atoms with E-state index in [0.717, 1.165) is 22.5 Å². The summed E-state index contributed by atoms with van der Waals surface area (Å²) in [6, 6.07) is 22.9. The van der Waals surface area contributed by atoms with Gasteiger partial charge in [-0.25, -0.2) is 4.98 Å². The van der Waals surface area contributed by atoms with Crippen LogP contribution >= 0.6 is 0 Å². The van der Waals surface area contributed by atoms with Gasteiger partial charge < -0.3 is 4.90 Å². The summed E-state index contributed by atoms with van der Waals surface area (Å²) in [4.78, 5) is 33.0. The Kier molecular flexibility index (Phi) is 4.24. The van der Waals surface area contributed by atoms with Crippen molar-refractivity contribution in [3.8, 4) is 5.69 Å². The first kappa shape index (κ1) is 18.3. The van der Waals surface area contributed by atoms with Crippen LogP contribution in [0.5, 0.6) is 0 Å². The van der Waals surface area contributed by atoms with E-state index in [1.165, 1.54) is 0 Å². The summed E-state index contributed by atoms with van der Waals surface area (Å²) in [6.07, 6.45) is 0.356. The van der Waals surface area contributed by atoms with Crippen LogP contribution in [-0.4, -0.2) is 22.5 Å². The topological polar surface area (TPSA) is 55.2 Å². The minimum Gasteiger partial charge on any atom is -0.315 e. The molecule has 5 heteroatoms. The third-order valence-corrected chi connectivity index (χ3v) is 5.79. The van der Waals surface area contributed by atoms with Crippen molar-refractivity contribution in [2.75, 3.05) is 11.9 Å². The molecule has 30 heavy (non-hydrogen) atoms. The first-order valence-electron chi connectivity index (χ1n) is 9.99. The quantitative estimate of drug-likeness (QED) is 0.527. The molecule has 5 nitrogen and oxygen atoms in total. The number of benzene rings is 3. The molecule has 0 saturated carbocycles. The van der Waals surface area contributed by atoms with Crippen LogP contribution in [0.15, 0.2) is 77.6 Å². The maximum Gasteiger partial charge on any atom is 0.265 e. The molecule has 0 radical (unpaired) electrons. The van der Waals surface area contributed by atoms with Gasteiger partial charge in [-0.05, 0) is 42.8 Å². The fourth-order valence-corrected chi connectivity index (χ4v) is 4.28. The van der Waals surface area contributed by atoms with Crippen molar-refractivity contribution in [2.24, 2.45) is 0 Å². The lowest BCUT2D eigenvalue weighted by Crippen LogP contribution is -2.28. The molecule has 1 aliphatic rings. The Morgan fingerprint density at radius 3 is 2.47 bits per heavy atom. The summed E-state index contributed by atoms with van der Waals surface area (Å²) in [5.41, 5.74) is 4.29. The van der Waals surface area contributed by atoms with Crippen molar-refractivity contribution in [3.63, 3.8) is 0 Å². The molecule has 0 spiro atoms. The predicted octanol–water partition coefficient (Wildman–Crippen LogP) is 4.00. The van der Waals surface area contributed by atoms with Crippen LogP contribution in [0.2, 0.25) is 0 Å². The zero-order valence-electron chi connectivity index (χ0n) is 16.9. The summed E-state index contributed by atoms with van der Waals surface area (Å²) >= 11 is 0. The molecule has 0 saturated heterocycles. The third kappa shape index (κ3) is 2.82. The highest BCUT2D eigenvalue weighted by molar-refractivity contribution is 6.04. The normalized spacial score (nSPS) is 15.6. The van der Waals surface area contributed by atoms with Crippen LogP contribution in [-0.2, 0) is 11.2 Å². The number of likely N-dealkylation sites (N-methyl/N-ethyl adjacent to an activating group) is 1. The minimum absolute atomic E-state index is 0.0256. The molecule has 1 atom stereocenters. The molecule has 0 bridgehead atoms. The molecule has 1 amide bonds. The number of para-hydroxylation sites is 2. The highest BCUT2D eigenvalue weighted by Gasteiger charge is 2.36. The summed E-state index contributed by atoms with van der Waals surface area (Å²) in [5, 5.41) is 0.566. The van der Waals surface area contributed by atoms with Crippen LogP contribution < -0.4 is 10.5 Å². The van der Waals surface area contributed by atoms with Gasteiger partial charge in [0.05, 0.1) is 22.5 Å². The highest BCUT2D eigenvalue weighted by Crippen LogP contribution is 2.38. The predicted molar refractivity (Wildman–Crippen MR) is 118 cm³/mol. The van der Waals surface area contributed by atoms with E-state index in [-0.39, 0.29) is 17.4 Å². The number of anilines is 1. The van der Waals surface area contributed by atoms with E-state index in [1.54, 1.807) is 22.6 Å². The zero-order chi connectivity index (χ0) is 20.8. The number of aryl methyl sites for hydroxylation is 1. The van der Waals surface area contributed by atoms with E-state index < -0.39 is 0 Å². The van der Waals surface area contributed by atoms with Gasteiger partial charge in [-0.15, -0.1) is 0 Å². The minimum atomic E-state index is -0.368. The van der Waals surface area contributed by atoms with Crippen LogP contribution in [0.3, 0.4) is 0 Å². The van der Waals surface area contributed by atoms with Gasteiger partial charge in [-0.3, -0.25) is 14.2 Å². The summed E-state index contributed by atoms with van der Waals surface area (Å²) in [5.74, 6) is 0.247. The molecule has 5 rings (SSSR count). The second kappa shape index (κ2) is 6.95. The lowest BCUT2D eigenvalue weighted by Gasteiger charge is -2.16. The maximum absolute atomic E-state index is 13.4. The third-order valence-electron chi connectivity index (χ3n) is 5.79. The largest absolute Gasteiger partial charge is 0.315 e. The first-order valence-corrected chi connectivity index (χ1v) is 9.99. The van der Waals surface area contributed by atoms with E-state index in [9.17, 15) is 9.59 Å². The number of rotatable bonds is 3. The average molecular weight is 395 g/mol. The molecule has 0 fully saturated rings. The molecule has 148 valence electrons. The lowest BCUT2D eigenvalue weighted by atomic mass is 9.95. The average Bonchev–Trinajstić information content (AvgIpc) is 2.99. The van der Waals surface area contributed by atoms with E-state index in [0.29, 0.717) is 23.1 Å². The van der Waals surface area contributed by atoms with Gasteiger partial charge >= 0.3 is 0 Å². The Hall–Kier alpha value is -3.73. The van der Waals surface area contributed by atoms with Gasteiger partial charge in [0.1, 0.15) is 5.82 Å². The number of hydrogen-bond acceptors (Lipinski definition) is 3. The van der Waals surface area contributed by atoms with Crippen LogP contribution in [0.4, 0.5) is 5.69 Å². The van der Waals surface area contributed by atoms with E-state index in [4.69, 9.17) is 4.98 Å². The van der Waals surface area contributed by atoms with Gasteiger partial charge in [0, 0.05) is 19.2 Å². The molecular formula is C25H21N3O2. The molecule has 0 unspecified atom stereocenters. The number of nitrogens with zero attached hydrogens (tertiary/aromatic N) is 3. The summed E-state index contributed by atoms with van der Waals surface area (Å²) < 4.78 is 1.64. The fourth-order valence-electron chi connectivity index (χ4n) is 4.28. The van der Waals surface area contributed by atoms with Crippen LogP contribution in [0.1, 0.15) is 22.9 Å². The second-order valence-electron chi connectivity index (χ2n) is 7.74. The number of fused-ring (bicyclic) bond motifs is 2. The van der Waals surface area contributed by atoms with Crippen molar-refractivity contribution in [1.82, 2.24) is 9.55 Å². The van der Waals surface area contributed by atoms with Gasteiger partial charge in [0.2, 0.25) is 5.91 Å². The SMILES string of the molecule is Cc1ccc2c(c1)[C@H](Cc1nc3ccccc3c(=O)n1-c1ccccc1)C(=O)N2C. The number of hydrogen-bond donors (Lipinski definition) is 0. The Labute approximate surface area is 174 Å². The summed E-state index contributed by atoms with van der Waals surface area (Å²) in [7, 11) is 1.80. The number of carbonyl (C=O) groups excluding carboxylic acids is 1. The highest BCUT2D eigenvalue weighted by atomic mass is 16.2. The van der Waals surface area contributed by atoms with Crippen molar-refractivity contribution in [2.45, 2.75) is 19.3 Å². The second-order valence-corrected chi connectivity index (χ2v) is 7.74. The van der Waals surface area contributed by atoms with Gasteiger partial charge in [-0.2, -0.15) is 0 Å². The number of carbonyl (C=O) groups is 1. The lowest BCUT2D eigenvalue weighted by molar-refractivity contribution is -0.119. The Balaban J connectivity index is 1.71. The summed E-state index contributed by atoms with van der Waals surface area (Å²) in [6.45, 7) is 2.02. The number of aromatic nitrogens is 2. The molecule has 0 N–H and O–H groups in total. The molecule has 0 aliphatic carbocycles. The monoisotopic (exact) mass is 395 g/mol.